The van der Waals surface area contributed by atoms with Crippen molar-refractivity contribution in [3.63, 3.8) is 0 Å². The second kappa shape index (κ2) is 6.78. The summed E-state index contributed by atoms with van der Waals surface area (Å²) in [4.78, 5) is 34.8. The topological polar surface area (TPSA) is 108 Å². The number of hydrogen-bond acceptors (Lipinski definition) is 3. The molecule has 0 aromatic rings. The van der Waals surface area contributed by atoms with E-state index in [1.54, 1.807) is 0 Å². The lowest BCUT2D eigenvalue weighted by atomic mass is 9.98. The number of aliphatic carboxylic acids is 1. The number of rotatable bonds is 5. The molecule has 3 amide bonds. The summed E-state index contributed by atoms with van der Waals surface area (Å²) >= 11 is 0. The van der Waals surface area contributed by atoms with Crippen LogP contribution in [0.4, 0.5) is 4.79 Å². The first kappa shape index (κ1) is 15.6. The van der Waals surface area contributed by atoms with Crippen LogP contribution in [0.15, 0.2) is 0 Å². The average molecular weight is 297 g/mol. The second-order valence-electron chi connectivity index (χ2n) is 5.95. The summed E-state index contributed by atoms with van der Waals surface area (Å²) in [6.45, 7) is -0.127. The maximum atomic E-state index is 11.8. The lowest BCUT2D eigenvalue weighted by Crippen LogP contribution is -2.56. The van der Waals surface area contributed by atoms with Crippen LogP contribution in [0.5, 0.6) is 0 Å². The molecule has 0 atom stereocenters. The molecule has 0 radical (unpaired) electrons. The third-order valence-corrected chi connectivity index (χ3v) is 4.35. The fourth-order valence-electron chi connectivity index (χ4n) is 3.14. The Morgan fingerprint density at radius 1 is 1.05 bits per heavy atom. The van der Waals surface area contributed by atoms with Gasteiger partial charge in [0.25, 0.3) is 0 Å². The molecule has 0 aromatic carbocycles. The van der Waals surface area contributed by atoms with Crippen molar-refractivity contribution < 1.29 is 19.5 Å². The zero-order valence-corrected chi connectivity index (χ0v) is 12.1. The largest absolute Gasteiger partial charge is 0.480 e. The van der Waals surface area contributed by atoms with Crippen molar-refractivity contribution in [3.05, 3.63) is 0 Å². The summed E-state index contributed by atoms with van der Waals surface area (Å²) in [6, 6.07) is -0.386. The molecule has 2 rings (SSSR count). The van der Waals surface area contributed by atoms with Gasteiger partial charge in [0.15, 0.2) is 0 Å². The molecule has 0 saturated heterocycles. The Kier molecular flexibility index (Phi) is 5.03. The number of carboxylic acid groups (broad SMARTS) is 1. The lowest BCUT2D eigenvalue weighted by molar-refractivity contribution is -0.144. The normalized spacial score (nSPS) is 21.0. The standard InChI is InChI=1S/C14H23N3O4/c18-11(16-10-5-1-2-6-10)9-15-13(21)17-14(12(19)20)7-3-4-8-14/h10H,1-9H2,(H,16,18)(H,19,20)(H2,15,17,21). The van der Waals surface area contributed by atoms with E-state index in [9.17, 15) is 19.5 Å². The van der Waals surface area contributed by atoms with E-state index < -0.39 is 17.5 Å². The van der Waals surface area contributed by atoms with Gasteiger partial charge in [-0.15, -0.1) is 0 Å². The van der Waals surface area contributed by atoms with Gasteiger partial charge < -0.3 is 21.1 Å². The van der Waals surface area contributed by atoms with E-state index in [-0.39, 0.29) is 18.5 Å². The number of carbonyl (C=O) groups is 3. The third-order valence-electron chi connectivity index (χ3n) is 4.35. The van der Waals surface area contributed by atoms with Crippen molar-refractivity contribution in [2.24, 2.45) is 0 Å². The highest BCUT2D eigenvalue weighted by Gasteiger charge is 2.42. The molecule has 0 unspecified atom stereocenters. The maximum Gasteiger partial charge on any atom is 0.329 e. The first-order chi connectivity index (χ1) is 10.0. The molecule has 2 aliphatic carbocycles. The predicted octanol–water partition coefficient (Wildman–Crippen LogP) is 0.742. The Bertz CT molecular complexity index is 412. The van der Waals surface area contributed by atoms with Gasteiger partial charge in [0.1, 0.15) is 5.54 Å². The van der Waals surface area contributed by atoms with Gasteiger partial charge >= 0.3 is 12.0 Å². The van der Waals surface area contributed by atoms with Gasteiger partial charge in [-0.25, -0.2) is 9.59 Å². The van der Waals surface area contributed by atoms with Crippen molar-refractivity contribution in [3.8, 4) is 0 Å². The van der Waals surface area contributed by atoms with Crippen LogP contribution in [-0.4, -0.2) is 41.1 Å². The first-order valence-corrected chi connectivity index (χ1v) is 7.61. The molecule has 7 heteroatoms. The van der Waals surface area contributed by atoms with E-state index in [4.69, 9.17) is 0 Å². The second-order valence-corrected chi connectivity index (χ2v) is 5.95. The highest BCUT2D eigenvalue weighted by atomic mass is 16.4. The highest BCUT2D eigenvalue weighted by molar-refractivity contribution is 5.88. The fourth-order valence-corrected chi connectivity index (χ4v) is 3.14. The molecule has 118 valence electrons. The van der Waals surface area contributed by atoms with E-state index in [2.05, 4.69) is 16.0 Å². The number of carboxylic acids is 1. The number of hydrogen-bond donors (Lipinski definition) is 4. The molecule has 0 bridgehead atoms. The van der Waals surface area contributed by atoms with E-state index in [1.807, 2.05) is 0 Å². The molecule has 2 fully saturated rings. The van der Waals surface area contributed by atoms with Crippen molar-refractivity contribution in [1.29, 1.82) is 0 Å². The van der Waals surface area contributed by atoms with Crippen LogP contribution in [-0.2, 0) is 9.59 Å². The zero-order valence-electron chi connectivity index (χ0n) is 12.1. The predicted molar refractivity (Wildman–Crippen MR) is 75.8 cm³/mol. The average Bonchev–Trinajstić information content (AvgIpc) is 3.08. The van der Waals surface area contributed by atoms with Gasteiger partial charge in [-0.3, -0.25) is 4.79 Å². The van der Waals surface area contributed by atoms with Crippen LogP contribution in [0, 0.1) is 0 Å². The summed E-state index contributed by atoms with van der Waals surface area (Å²) < 4.78 is 0. The van der Waals surface area contributed by atoms with E-state index in [0.29, 0.717) is 12.8 Å². The fraction of sp³-hybridized carbons (Fsp3) is 0.786. The van der Waals surface area contributed by atoms with Crippen LogP contribution < -0.4 is 16.0 Å². The lowest BCUT2D eigenvalue weighted by Gasteiger charge is -2.25. The Labute approximate surface area is 123 Å². The van der Waals surface area contributed by atoms with E-state index in [0.717, 1.165) is 38.5 Å². The highest BCUT2D eigenvalue weighted by Crippen LogP contribution is 2.29. The number of nitrogens with one attached hydrogen (secondary N) is 3. The SMILES string of the molecule is O=C(CNC(=O)NC1(C(=O)O)CCCC1)NC1CCCC1. The molecule has 0 heterocycles. The molecule has 7 nitrogen and oxygen atoms in total. The molecule has 2 aliphatic rings. The zero-order chi connectivity index (χ0) is 15.3. The molecule has 2 saturated carbocycles. The summed E-state index contributed by atoms with van der Waals surface area (Å²) in [5.74, 6) is -1.24. The number of amides is 3. The van der Waals surface area contributed by atoms with Gasteiger partial charge in [0.2, 0.25) is 5.91 Å². The van der Waals surface area contributed by atoms with Crippen molar-refractivity contribution in [1.82, 2.24) is 16.0 Å². The van der Waals surface area contributed by atoms with E-state index >= 15 is 0 Å². The summed E-state index contributed by atoms with van der Waals surface area (Å²) in [7, 11) is 0. The van der Waals surface area contributed by atoms with Crippen molar-refractivity contribution >= 4 is 17.9 Å². The number of urea groups is 1. The molecule has 0 aliphatic heterocycles. The Hall–Kier alpha value is -1.79. The monoisotopic (exact) mass is 297 g/mol. The molecule has 21 heavy (non-hydrogen) atoms. The summed E-state index contributed by atoms with van der Waals surface area (Å²) in [5.41, 5.74) is -1.17. The van der Waals surface area contributed by atoms with Crippen LogP contribution in [0.1, 0.15) is 51.4 Å². The van der Waals surface area contributed by atoms with Gasteiger partial charge in [-0.1, -0.05) is 25.7 Å². The van der Waals surface area contributed by atoms with Crippen molar-refractivity contribution in [2.75, 3.05) is 6.54 Å². The molecule has 0 aromatic heterocycles. The minimum atomic E-state index is -1.17. The smallest absolute Gasteiger partial charge is 0.329 e. The Balaban J connectivity index is 1.73. The Morgan fingerprint density at radius 2 is 1.67 bits per heavy atom. The minimum Gasteiger partial charge on any atom is -0.480 e. The minimum absolute atomic E-state index is 0.127. The summed E-state index contributed by atoms with van der Waals surface area (Å²) in [6.07, 6.45) is 6.66. The van der Waals surface area contributed by atoms with Gasteiger partial charge in [0.05, 0.1) is 6.54 Å². The van der Waals surface area contributed by atoms with Crippen LogP contribution in [0.25, 0.3) is 0 Å². The molecule has 0 spiro atoms. The molecule has 4 N–H and O–H groups in total. The van der Waals surface area contributed by atoms with E-state index in [1.165, 1.54) is 0 Å². The number of carbonyl (C=O) groups excluding carboxylic acids is 2. The van der Waals surface area contributed by atoms with Gasteiger partial charge in [-0.05, 0) is 25.7 Å². The quantitative estimate of drug-likeness (QED) is 0.600. The Morgan fingerprint density at radius 3 is 2.24 bits per heavy atom. The van der Waals surface area contributed by atoms with Gasteiger partial charge in [-0.2, -0.15) is 0 Å². The van der Waals surface area contributed by atoms with Crippen LogP contribution in [0.2, 0.25) is 0 Å². The molecular weight excluding hydrogens is 274 g/mol. The van der Waals surface area contributed by atoms with Crippen LogP contribution in [0.3, 0.4) is 0 Å². The summed E-state index contributed by atoms with van der Waals surface area (Å²) in [5, 5.41) is 17.1. The van der Waals surface area contributed by atoms with Gasteiger partial charge in [0, 0.05) is 6.04 Å². The van der Waals surface area contributed by atoms with Crippen LogP contribution >= 0.6 is 0 Å². The third kappa shape index (κ3) is 4.09. The molecular formula is C14H23N3O4. The van der Waals surface area contributed by atoms with Crippen molar-refractivity contribution in [2.45, 2.75) is 62.9 Å². The maximum absolute atomic E-state index is 11.8. The first-order valence-electron chi connectivity index (χ1n) is 7.61.